The summed E-state index contributed by atoms with van der Waals surface area (Å²) in [5, 5.41) is 23.5. The lowest BCUT2D eigenvalue weighted by atomic mass is 9.95. The van der Waals surface area contributed by atoms with Crippen molar-refractivity contribution in [3.8, 4) is 16.9 Å². The van der Waals surface area contributed by atoms with E-state index in [1.54, 1.807) is 0 Å². The number of nitrogens with zero attached hydrogens (tertiary/aromatic N) is 1. The minimum atomic E-state index is -1.29. The van der Waals surface area contributed by atoms with Crippen molar-refractivity contribution in [3.05, 3.63) is 93.5 Å². The number of carboxylic acids is 1. The Kier molecular flexibility index (Phi) is 5.59. The van der Waals surface area contributed by atoms with Gasteiger partial charge in [-0.15, -0.1) is 0 Å². The Labute approximate surface area is 183 Å². The number of methoxy groups -OCH3 is 1. The van der Waals surface area contributed by atoms with Crippen molar-refractivity contribution in [1.82, 2.24) is 5.32 Å². The summed E-state index contributed by atoms with van der Waals surface area (Å²) in [6, 6.07) is 17.7. The number of amides is 1. The summed E-state index contributed by atoms with van der Waals surface area (Å²) >= 11 is 0. The third kappa shape index (κ3) is 3.78. The summed E-state index contributed by atoms with van der Waals surface area (Å²) in [4.78, 5) is 35.8. The quantitative estimate of drug-likeness (QED) is 0.436. The third-order valence-corrected chi connectivity index (χ3v) is 5.61. The smallest absolute Gasteiger partial charge is 0.326 e. The monoisotopic (exact) mass is 432 g/mol. The topological polar surface area (TPSA) is 119 Å². The van der Waals surface area contributed by atoms with E-state index in [0.29, 0.717) is 11.3 Å². The molecule has 1 aliphatic carbocycles. The van der Waals surface area contributed by atoms with Crippen molar-refractivity contribution in [1.29, 1.82) is 0 Å². The van der Waals surface area contributed by atoms with E-state index in [9.17, 15) is 24.8 Å². The molecular formula is C24H20N2O6. The van der Waals surface area contributed by atoms with Crippen LogP contribution in [0.5, 0.6) is 5.75 Å². The van der Waals surface area contributed by atoms with Gasteiger partial charge in [0.2, 0.25) is 5.91 Å². The average molecular weight is 432 g/mol. The van der Waals surface area contributed by atoms with Crippen molar-refractivity contribution in [3.63, 3.8) is 0 Å². The number of nitro groups is 1. The molecule has 0 saturated heterocycles. The van der Waals surface area contributed by atoms with Crippen LogP contribution in [0.2, 0.25) is 0 Å². The van der Waals surface area contributed by atoms with Gasteiger partial charge in [0.25, 0.3) is 5.69 Å². The molecule has 32 heavy (non-hydrogen) atoms. The van der Waals surface area contributed by atoms with Crippen LogP contribution in [0.3, 0.4) is 0 Å². The van der Waals surface area contributed by atoms with E-state index in [0.717, 1.165) is 22.3 Å². The van der Waals surface area contributed by atoms with Gasteiger partial charge >= 0.3 is 5.97 Å². The van der Waals surface area contributed by atoms with Gasteiger partial charge in [-0.05, 0) is 28.3 Å². The molecule has 0 radical (unpaired) electrons. The van der Waals surface area contributed by atoms with Crippen molar-refractivity contribution in [2.75, 3.05) is 7.11 Å². The van der Waals surface area contributed by atoms with Gasteiger partial charge in [0.05, 0.1) is 18.0 Å². The fourth-order valence-corrected chi connectivity index (χ4v) is 4.15. The molecule has 1 aliphatic rings. The molecule has 8 heteroatoms. The van der Waals surface area contributed by atoms with Crippen LogP contribution in [-0.2, 0) is 16.0 Å². The molecule has 162 valence electrons. The fraction of sp³-hybridized carbons (Fsp3) is 0.167. The normalized spacial score (nSPS) is 13.0. The Balaban J connectivity index is 1.64. The summed E-state index contributed by atoms with van der Waals surface area (Å²) < 4.78 is 5.23. The number of nitrogens with one attached hydrogen (secondary N) is 1. The maximum atomic E-state index is 13.3. The summed E-state index contributed by atoms with van der Waals surface area (Å²) in [6.45, 7) is 0. The number of rotatable bonds is 7. The third-order valence-electron chi connectivity index (χ3n) is 5.61. The minimum Gasteiger partial charge on any atom is -0.496 e. The molecule has 0 heterocycles. The number of fused-ring (bicyclic) bond motifs is 3. The van der Waals surface area contributed by atoms with Crippen LogP contribution in [0.1, 0.15) is 22.6 Å². The van der Waals surface area contributed by atoms with Crippen LogP contribution in [0, 0.1) is 10.1 Å². The predicted octanol–water partition coefficient (Wildman–Crippen LogP) is 3.53. The lowest BCUT2D eigenvalue weighted by Crippen LogP contribution is -2.44. The van der Waals surface area contributed by atoms with Gasteiger partial charge in [-0.1, -0.05) is 48.5 Å². The van der Waals surface area contributed by atoms with Crippen molar-refractivity contribution in [2.45, 2.75) is 18.4 Å². The van der Waals surface area contributed by atoms with E-state index in [1.807, 2.05) is 48.5 Å². The number of carbonyl (C=O) groups is 2. The van der Waals surface area contributed by atoms with Gasteiger partial charge in [0, 0.05) is 24.1 Å². The zero-order valence-corrected chi connectivity index (χ0v) is 17.1. The largest absolute Gasteiger partial charge is 0.496 e. The Morgan fingerprint density at radius 3 is 2.19 bits per heavy atom. The summed E-state index contributed by atoms with van der Waals surface area (Å²) in [7, 11) is 1.39. The second kappa shape index (κ2) is 8.50. The fourth-order valence-electron chi connectivity index (χ4n) is 4.15. The van der Waals surface area contributed by atoms with Gasteiger partial charge in [0.1, 0.15) is 11.8 Å². The number of hydrogen-bond donors (Lipinski definition) is 2. The molecule has 0 bridgehead atoms. The van der Waals surface area contributed by atoms with Crippen molar-refractivity contribution < 1.29 is 24.4 Å². The van der Waals surface area contributed by atoms with E-state index in [1.165, 1.54) is 25.3 Å². The molecule has 0 saturated carbocycles. The SMILES string of the molecule is COc1ccc([N+](=O)[O-])cc1C[C@@H](NC(=O)C1c2ccccc2-c2ccccc21)C(=O)O. The highest BCUT2D eigenvalue weighted by Gasteiger charge is 2.35. The Morgan fingerprint density at radius 1 is 1.06 bits per heavy atom. The number of benzene rings is 3. The standard InChI is InChI=1S/C24H20N2O6/c1-32-21-11-10-15(26(30)31)12-14(21)13-20(24(28)29)25-23(27)22-18-8-4-2-6-16(18)17-7-3-5-9-19(17)22/h2-12,20,22H,13H2,1H3,(H,25,27)(H,28,29)/t20-/m1/s1. The highest BCUT2D eigenvalue weighted by atomic mass is 16.6. The highest BCUT2D eigenvalue weighted by molar-refractivity contribution is 5.97. The average Bonchev–Trinajstić information content (AvgIpc) is 3.13. The van der Waals surface area contributed by atoms with E-state index in [4.69, 9.17) is 4.74 Å². The molecule has 3 aromatic rings. The maximum Gasteiger partial charge on any atom is 0.326 e. The second-order valence-electron chi connectivity index (χ2n) is 7.46. The molecule has 2 N–H and O–H groups in total. The molecule has 0 aliphatic heterocycles. The molecule has 0 spiro atoms. The first-order valence-electron chi connectivity index (χ1n) is 9.93. The highest BCUT2D eigenvalue weighted by Crippen LogP contribution is 2.44. The number of aliphatic carboxylic acids is 1. The van der Waals surface area contributed by atoms with Crippen LogP contribution in [0.25, 0.3) is 11.1 Å². The van der Waals surface area contributed by atoms with E-state index in [-0.39, 0.29) is 12.1 Å². The number of ether oxygens (including phenoxy) is 1. The molecule has 0 unspecified atom stereocenters. The number of carboxylic acid groups (broad SMARTS) is 1. The van der Waals surface area contributed by atoms with Crippen LogP contribution in [0.4, 0.5) is 5.69 Å². The van der Waals surface area contributed by atoms with Crippen LogP contribution in [-0.4, -0.2) is 35.1 Å². The maximum absolute atomic E-state index is 13.3. The first-order chi connectivity index (χ1) is 15.4. The molecule has 1 amide bonds. The summed E-state index contributed by atoms with van der Waals surface area (Å²) in [5.41, 5.74) is 3.63. The van der Waals surface area contributed by atoms with Crippen molar-refractivity contribution >= 4 is 17.6 Å². The molecule has 8 nitrogen and oxygen atoms in total. The molecule has 4 rings (SSSR count). The molecule has 1 atom stereocenters. The number of nitro benzene ring substituents is 1. The Bertz CT molecular complexity index is 1180. The summed E-state index contributed by atoms with van der Waals surface area (Å²) in [6.07, 6.45) is -0.165. The first kappa shape index (κ1) is 21.0. The van der Waals surface area contributed by atoms with Crippen molar-refractivity contribution in [2.24, 2.45) is 0 Å². The molecular weight excluding hydrogens is 412 g/mol. The lowest BCUT2D eigenvalue weighted by Gasteiger charge is -2.20. The van der Waals surface area contributed by atoms with E-state index in [2.05, 4.69) is 5.32 Å². The van der Waals surface area contributed by atoms with Gasteiger partial charge in [-0.25, -0.2) is 4.79 Å². The first-order valence-corrected chi connectivity index (χ1v) is 9.93. The zero-order chi connectivity index (χ0) is 22.8. The number of non-ortho nitro benzene ring substituents is 1. The predicted molar refractivity (Wildman–Crippen MR) is 117 cm³/mol. The minimum absolute atomic E-state index is 0.165. The summed E-state index contributed by atoms with van der Waals surface area (Å²) in [5.74, 6) is -2.02. The number of carbonyl (C=O) groups excluding carboxylic acids is 1. The van der Waals surface area contributed by atoms with Crippen LogP contribution >= 0.6 is 0 Å². The van der Waals surface area contributed by atoms with Gasteiger partial charge in [0.15, 0.2) is 0 Å². The Hall–Kier alpha value is -4.20. The Morgan fingerprint density at radius 2 is 1.66 bits per heavy atom. The van der Waals surface area contributed by atoms with E-state index >= 15 is 0 Å². The van der Waals surface area contributed by atoms with Crippen LogP contribution < -0.4 is 10.1 Å². The molecule has 0 aromatic heterocycles. The zero-order valence-electron chi connectivity index (χ0n) is 17.1. The van der Waals surface area contributed by atoms with E-state index < -0.39 is 28.8 Å². The number of hydrogen-bond acceptors (Lipinski definition) is 5. The van der Waals surface area contributed by atoms with Gasteiger partial charge in [-0.2, -0.15) is 0 Å². The molecule has 0 fully saturated rings. The lowest BCUT2D eigenvalue weighted by molar-refractivity contribution is -0.384. The second-order valence-corrected chi connectivity index (χ2v) is 7.46. The van der Waals surface area contributed by atoms with Gasteiger partial charge < -0.3 is 15.2 Å². The molecule has 3 aromatic carbocycles. The van der Waals surface area contributed by atoms with Gasteiger partial charge in [-0.3, -0.25) is 14.9 Å². The van der Waals surface area contributed by atoms with Crippen LogP contribution in [0.15, 0.2) is 66.7 Å².